The zero-order chi connectivity index (χ0) is 11.9. The van der Waals surface area contributed by atoms with Gasteiger partial charge in [0, 0.05) is 0 Å². The SMILES string of the molecule is C=CC(=CC)C(N)(CCCC)C(=O)OC. The molecule has 0 aliphatic carbocycles. The fraction of sp³-hybridized carbons (Fsp3) is 0.583. The molecule has 1 unspecified atom stereocenters. The summed E-state index contributed by atoms with van der Waals surface area (Å²) in [5.74, 6) is -0.399. The van der Waals surface area contributed by atoms with Crippen molar-refractivity contribution in [1.29, 1.82) is 0 Å². The van der Waals surface area contributed by atoms with Gasteiger partial charge in [-0.15, -0.1) is 0 Å². The molecule has 0 spiro atoms. The molecule has 0 aromatic heterocycles. The Hall–Kier alpha value is -1.09. The topological polar surface area (TPSA) is 52.3 Å². The number of allylic oxidation sites excluding steroid dienone is 1. The standard InChI is InChI=1S/C12H21NO2/c1-5-8-9-12(13,11(14)15-4)10(6-2)7-3/h6-7H,2,5,8-9,13H2,1,3-4H3. The maximum atomic E-state index is 11.7. The summed E-state index contributed by atoms with van der Waals surface area (Å²) < 4.78 is 4.74. The summed E-state index contributed by atoms with van der Waals surface area (Å²) in [6.45, 7) is 7.56. The molecule has 0 aromatic rings. The number of esters is 1. The van der Waals surface area contributed by atoms with Crippen molar-refractivity contribution < 1.29 is 9.53 Å². The summed E-state index contributed by atoms with van der Waals surface area (Å²) in [6.07, 6.45) is 5.88. The smallest absolute Gasteiger partial charge is 0.330 e. The van der Waals surface area contributed by atoms with Crippen LogP contribution < -0.4 is 5.73 Å². The number of nitrogens with two attached hydrogens (primary N) is 1. The molecular weight excluding hydrogens is 190 g/mol. The summed E-state index contributed by atoms with van der Waals surface area (Å²) in [6, 6.07) is 0. The molecule has 3 heteroatoms. The monoisotopic (exact) mass is 211 g/mol. The van der Waals surface area contributed by atoms with Crippen LogP contribution in [0.1, 0.15) is 33.1 Å². The molecule has 0 aliphatic rings. The van der Waals surface area contributed by atoms with E-state index in [9.17, 15) is 4.79 Å². The van der Waals surface area contributed by atoms with Crippen LogP contribution in [0, 0.1) is 0 Å². The van der Waals surface area contributed by atoms with Crippen molar-refractivity contribution in [1.82, 2.24) is 0 Å². The van der Waals surface area contributed by atoms with Gasteiger partial charge in [0.15, 0.2) is 0 Å². The van der Waals surface area contributed by atoms with Gasteiger partial charge in [-0.25, -0.2) is 4.79 Å². The minimum absolute atomic E-state index is 0.399. The number of ether oxygens (including phenoxy) is 1. The third-order valence-electron chi connectivity index (χ3n) is 2.52. The lowest BCUT2D eigenvalue weighted by atomic mass is 9.85. The molecular formula is C12H21NO2. The average molecular weight is 211 g/mol. The van der Waals surface area contributed by atoms with Crippen LogP contribution in [-0.2, 0) is 9.53 Å². The average Bonchev–Trinajstić information content (AvgIpc) is 2.26. The van der Waals surface area contributed by atoms with E-state index in [0.717, 1.165) is 18.4 Å². The molecule has 15 heavy (non-hydrogen) atoms. The van der Waals surface area contributed by atoms with Gasteiger partial charge in [0.1, 0.15) is 5.54 Å². The Bertz CT molecular complexity index is 258. The first-order valence-electron chi connectivity index (χ1n) is 5.23. The lowest BCUT2D eigenvalue weighted by Crippen LogP contribution is -2.50. The highest BCUT2D eigenvalue weighted by Crippen LogP contribution is 2.23. The molecule has 0 saturated carbocycles. The molecule has 0 bridgehead atoms. The van der Waals surface area contributed by atoms with Gasteiger partial charge >= 0.3 is 5.97 Å². The normalized spacial score (nSPS) is 15.6. The van der Waals surface area contributed by atoms with Crippen molar-refractivity contribution in [2.24, 2.45) is 5.73 Å². The van der Waals surface area contributed by atoms with Crippen molar-refractivity contribution in [3.8, 4) is 0 Å². The van der Waals surface area contributed by atoms with E-state index in [1.165, 1.54) is 7.11 Å². The largest absolute Gasteiger partial charge is 0.467 e. The minimum atomic E-state index is -1.04. The molecule has 0 aliphatic heterocycles. The highest BCUT2D eigenvalue weighted by atomic mass is 16.5. The number of carbonyl (C=O) groups excluding carboxylic acids is 1. The molecule has 0 heterocycles. The zero-order valence-electron chi connectivity index (χ0n) is 9.88. The number of hydrogen-bond donors (Lipinski definition) is 1. The molecule has 3 nitrogen and oxygen atoms in total. The first kappa shape index (κ1) is 13.9. The fourth-order valence-electron chi connectivity index (χ4n) is 1.56. The van der Waals surface area contributed by atoms with Crippen molar-refractivity contribution in [3.63, 3.8) is 0 Å². The van der Waals surface area contributed by atoms with Crippen molar-refractivity contribution >= 4 is 5.97 Å². The van der Waals surface area contributed by atoms with Crippen LogP contribution in [0.25, 0.3) is 0 Å². The Kier molecular flexibility index (Phi) is 5.94. The van der Waals surface area contributed by atoms with Crippen LogP contribution in [0.2, 0.25) is 0 Å². The van der Waals surface area contributed by atoms with E-state index in [1.54, 1.807) is 12.2 Å². The zero-order valence-corrected chi connectivity index (χ0v) is 9.88. The highest BCUT2D eigenvalue weighted by molar-refractivity contribution is 5.85. The van der Waals surface area contributed by atoms with Gasteiger partial charge < -0.3 is 10.5 Å². The first-order chi connectivity index (χ1) is 7.06. The molecule has 2 N–H and O–H groups in total. The van der Waals surface area contributed by atoms with Gasteiger partial charge in [-0.05, 0) is 18.9 Å². The lowest BCUT2D eigenvalue weighted by molar-refractivity contribution is -0.145. The summed E-state index contributed by atoms with van der Waals surface area (Å²) in [7, 11) is 1.35. The van der Waals surface area contributed by atoms with Crippen LogP contribution in [0.15, 0.2) is 24.3 Å². The van der Waals surface area contributed by atoms with Gasteiger partial charge in [0.25, 0.3) is 0 Å². The Morgan fingerprint density at radius 1 is 1.60 bits per heavy atom. The van der Waals surface area contributed by atoms with Crippen LogP contribution in [0.3, 0.4) is 0 Å². The van der Waals surface area contributed by atoms with Crippen LogP contribution >= 0.6 is 0 Å². The second kappa shape index (κ2) is 6.40. The summed E-state index contributed by atoms with van der Waals surface area (Å²) >= 11 is 0. The van der Waals surface area contributed by atoms with Gasteiger partial charge in [-0.2, -0.15) is 0 Å². The third-order valence-corrected chi connectivity index (χ3v) is 2.52. The second-order valence-electron chi connectivity index (χ2n) is 3.51. The van der Waals surface area contributed by atoms with Crippen molar-refractivity contribution in [2.45, 2.75) is 38.6 Å². The molecule has 86 valence electrons. The Labute approximate surface area is 92.0 Å². The van der Waals surface area contributed by atoms with Crippen LogP contribution in [0.4, 0.5) is 0 Å². The molecule has 0 amide bonds. The van der Waals surface area contributed by atoms with Gasteiger partial charge in [-0.3, -0.25) is 0 Å². The number of carbonyl (C=O) groups is 1. The van der Waals surface area contributed by atoms with E-state index in [2.05, 4.69) is 13.5 Å². The quantitative estimate of drug-likeness (QED) is 0.541. The summed E-state index contributed by atoms with van der Waals surface area (Å²) in [5.41, 5.74) is 5.77. The van der Waals surface area contributed by atoms with Gasteiger partial charge in [0.2, 0.25) is 0 Å². The molecule has 0 aromatic carbocycles. The third kappa shape index (κ3) is 3.20. The first-order valence-corrected chi connectivity index (χ1v) is 5.23. The highest BCUT2D eigenvalue weighted by Gasteiger charge is 2.36. The van der Waals surface area contributed by atoms with Crippen LogP contribution in [-0.4, -0.2) is 18.6 Å². The molecule has 0 fully saturated rings. The molecule has 0 rings (SSSR count). The van der Waals surface area contributed by atoms with E-state index >= 15 is 0 Å². The van der Waals surface area contributed by atoms with E-state index < -0.39 is 11.5 Å². The van der Waals surface area contributed by atoms with Gasteiger partial charge in [0.05, 0.1) is 7.11 Å². The van der Waals surface area contributed by atoms with E-state index in [4.69, 9.17) is 10.5 Å². The molecule has 0 saturated heterocycles. The van der Waals surface area contributed by atoms with Crippen molar-refractivity contribution in [3.05, 3.63) is 24.3 Å². The van der Waals surface area contributed by atoms with E-state index in [1.807, 2.05) is 6.92 Å². The minimum Gasteiger partial charge on any atom is -0.467 e. The predicted molar refractivity (Wildman–Crippen MR) is 62.4 cm³/mol. The Morgan fingerprint density at radius 2 is 2.20 bits per heavy atom. The summed E-state index contributed by atoms with van der Waals surface area (Å²) in [4.78, 5) is 11.7. The lowest BCUT2D eigenvalue weighted by Gasteiger charge is -2.27. The van der Waals surface area contributed by atoms with E-state index in [0.29, 0.717) is 6.42 Å². The summed E-state index contributed by atoms with van der Waals surface area (Å²) in [5, 5.41) is 0. The Balaban J connectivity index is 5.00. The second-order valence-corrected chi connectivity index (χ2v) is 3.51. The van der Waals surface area contributed by atoms with Crippen LogP contribution in [0.5, 0.6) is 0 Å². The number of rotatable bonds is 6. The molecule has 1 atom stereocenters. The van der Waals surface area contributed by atoms with Crippen molar-refractivity contribution in [2.75, 3.05) is 7.11 Å². The number of hydrogen-bond acceptors (Lipinski definition) is 3. The fourth-order valence-corrected chi connectivity index (χ4v) is 1.56. The number of methoxy groups -OCH3 is 1. The maximum absolute atomic E-state index is 11.7. The molecule has 0 radical (unpaired) electrons. The maximum Gasteiger partial charge on any atom is 0.330 e. The predicted octanol–water partition coefficient (Wildman–Crippen LogP) is 2.18. The number of unbranched alkanes of at least 4 members (excludes halogenated alkanes) is 1. The Morgan fingerprint density at radius 3 is 2.53 bits per heavy atom. The van der Waals surface area contributed by atoms with E-state index in [-0.39, 0.29) is 0 Å². The van der Waals surface area contributed by atoms with Gasteiger partial charge in [-0.1, -0.05) is 38.5 Å².